The summed E-state index contributed by atoms with van der Waals surface area (Å²) in [6, 6.07) is 6.37. The van der Waals surface area contributed by atoms with Crippen molar-refractivity contribution in [1.82, 2.24) is 10.2 Å². The summed E-state index contributed by atoms with van der Waals surface area (Å²) in [5.74, 6) is 0.140. The molecule has 2 aromatic rings. The molecule has 94 valence electrons. The number of phenols is 1. The molecule has 6 nitrogen and oxygen atoms in total. The molecule has 4 N–H and O–H groups in total. The fourth-order valence-electron chi connectivity index (χ4n) is 1.19. The van der Waals surface area contributed by atoms with Gasteiger partial charge in [-0.05, 0) is 12.1 Å². The molecule has 0 aliphatic carbocycles. The van der Waals surface area contributed by atoms with E-state index in [1.165, 1.54) is 35.2 Å². The molecular weight excluding hydrogens is 272 g/mol. The van der Waals surface area contributed by atoms with Gasteiger partial charge in [-0.2, -0.15) is 0 Å². The Hall–Kier alpha value is -1.80. The van der Waals surface area contributed by atoms with Crippen LogP contribution in [0.3, 0.4) is 0 Å². The minimum absolute atomic E-state index is 0.109. The van der Waals surface area contributed by atoms with Crippen molar-refractivity contribution in [2.75, 3.05) is 16.8 Å². The number of amides is 1. The number of rotatable bonds is 4. The van der Waals surface area contributed by atoms with Gasteiger partial charge in [0.1, 0.15) is 5.75 Å². The second-order valence-electron chi connectivity index (χ2n) is 3.29. The summed E-state index contributed by atoms with van der Waals surface area (Å²) in [7, 11) is 0. The second kappa shape index (κ2) is 5.69. The van der Waals surface area contributed by atoms with Crippen molar-refractivity contribution in [3.05, 3.63) is 24.3 Å². The van der Waals surface area contributed by atoms with Crippen LogP contribution in [-0.2, 0) is 4.79 Å². The molecule has 0 aliphatic heterocycles. The number of nitrogens with zero attached hydrogens (tertiary/aromatic N) is 2. The third-order valence-electron chi connectivity index (χ3n) is 1.88. The lowest BCUT2D eigenvalue weighted by atomic mass is 10.3. The summed E-state index contributed by atoms with van der Waals surface area (Å²) in [6.07, 6.45) is 0. The summed E-state index contributed by atoms with van der Waals surface area (Å²) >= 11 is 2.50. The van der Waals surface area contributed by atoms with Crippen molar-refractivity contribution in [3.8, 4) is 5.75 Å². The molecule has 1 amide bonds. The van der Waals surface area contributed by atoms with Crippen molar-refractivity contribution in [2.45, 2.75) is 4.34 Å². The Morgan fingerprint density at radius 3 is 3.00 bits per heavy atom. The van der Waals surface area contributed by atoms with E-state index in [0.29, 0.717) is 15.2 Å². The highest BCUT2D eigenvalue weighted by molar-refractivity contribution is 8.01. The third-order valence-corrected chi connectivity index (χ3v) is 3.76. The minimum atomic E-state index is -0.181. The number of phenolic OH excluding ortho intramolecular Hbond substituents is 1. The summed E-state index contributed by atoms with van der Waals surface area (Å²) < 4.78 is 0.651. The number of thioether (sulfide) groups is 1. The van der Waals surface area contributed by atoms with Gasteiger partial charge < -0.3 is 16.2 Å². The molecular formula is C10H10N4O2S2. The maximum absolute atomic E-state index is 11.6. The molecule has 0 fully saturated rings. The van der Waals surface area contributed by atoms with Crippen LogP contribution in [0.15, 0.2) is 28.6 Å². The first-order chi connectivity index (χ1) is 8.63. The van der Waals surface area contributed by atoms with Gasteiger partial charge in [-0.1, -0.05) is 29.2 Å². The highest BCUT2D eigenvalue weighted by Crippen LogP contribution is 2.23. The van der Waals surface area contributed by atoms with E-state index in [0.717, 1.165) is 0 Å². The number of hydrogen-bond donors (Lipinski definition) is 3. The van der Waals surface area contributed by atoms with E-state index in [9.17, 15) is 9.90 Å². The Bertz CT molecular complexity index is 558. The van der Waals surface area contributed by atoms with Crippen LogP contribution in [0.5, 0.6) is 5.75 Å². The monoisotopic (exact) mass is 282 g/mol. The van der Waals surface area contributed by atoms with Crippen LogP contribution in [0.2, 0.25) is 0 Å². The average Bonchev–Trinajstić information content (AvgIpc) is 2.73. The maximum Gasteiger partial charge on any atom is 0.234 e. The van der Waals surface area contributed by atoms with Crippen LogP contribution in [-0.4, -0.2) is 27.0 Å². The average molecular weight is 282 g/mol. The predicted molar refractivity (Wildman–Crippen MR) is 71.8 cm³/mol. The zero-order chi connectivity index (χ0) is 13.0. The largest absolute Gasteiger partial charge is 0.508 e. The summed E-state index contributed by atoms with van der Waals surface area (Å²) in [5.41, 5.74) is 5.98. The summed E-state index contributed by atoms with van der Waals surface area (Å²) in [6.45, 7) is 0. The Balaban J connectivity index is 1.85. The predicted octanol–water partition coefficient (Wildman–Crippen LogP) is 1.56. The second-order valence-corrected chi connectivity index (χ2v) is 5.52. The van der Waals surface area contributed by atoms with Crippen LogP contribution in [0.4, 0.5) is 10.8 Å². The van der Waals surface area contributed by atoms with E-state index in [-0.39, 0.29) is 17.4 Å². The number of benzene rings is 1. The molecule has 18 heavy (non-hydrogen) atoms. The van der Waals surface area contributed by atoms with Crippen LogP contribution in [0.1, 0.15) is 0 Å². The number of hydrogen-bond acceptors (Lipinski definition) is 7. The molecule has 0 radical (unpaired) electrons. The lowest BCUT2D eigenvalue weighted by molar-refractivity contribution is -0.113. The zero-order valence-corrected chi connectivity index (χ0v) is 10.8. The molecule has 2 rings (SSSR count). The molecule has 1 aromatic heterocycles. The van der Waals surface area contributed by atoms with E-state index < -0.39 is 0 Å². The van der Waals surface area contributed by atoms with Crippen molar-refractivity contribution in [1.29, 1.82) is 0 Å². The smallest absolute Gasteiger partial charge is 0.234 e. The maximum atomic E-state index is 11.6. The van der Waals surface area contributed by atoms with Gasteiger partial charge in [0.05, 0.1) is 5.75 Å². The van der Waals surface area contributed by atoms with E-state index in [2.05, 4.69) is 15.5 Å². The molecule has 1 aromatic carbocycles. The summed E-state index contributed by atoms with van der Waals surface area (Å²) in [4.78, 5) is 11.6. The first-order valence-electron chi connectivity index (χ1n) is 4.94. The van der Waals surface area contributed by atoms with Gasteiger partial charge in [0.25, 0.3) is 0 Å². The molecule has 1 heterocycles. The van der Waals surface area contributed by atoms with Crippen molar-refractivity contribution < 1.29 is 9.90 Å². The van der Waals surface area contributed by atoms with E-state index >= 15 is 0 Å². The number of nitrogens with one attached hydrogen (secondary N) is 1. The number of carbonyl (C=O) groups is 1. The van der Waals surface area contributed by atoms with Crippen molar-refractivity contribution in [3.63, 3.8) is 0 Å². The highest BCUT2D eigenvalue weighted by atomic mass is 32.2. The number of aromatic hydroxyl groups is 1. The van der Waals surface area contributed by atoms with Gasteiger partial charge in [-0.15, -0.1) is 10.2 Å². The Morgan fingerprint density at radius 1 is 1.50 bits per heavy atom. The fraction of sp³-hybridized carbons (Fsp3) is 0.100. The van der Waals surface area contributed by atoms with E-state index in [1.54, 1.807) is 12.1 Å². The van der Waals surface area contributed by atoms with Gasteiger partial charge in [0.2, 0.25) is 11.0 Å². The van der Waals surface area contributed by atoms with Crippen molar-refractivity contribution >= 4 is 39.8 Å². The Morgan fingerprint density at radius 2 is 2.33 bits per heavy atom. The topological polar surface area (TPSA) is 101 Å². The SMILES string of the molecule is Nc1nnc(SCC(=O)Nc2cccc(O)c2)s1. The first-order valence-corrected chi connectivity index (χ1v) is 6.74. The molecule has 0 saturated carbocycles. The number of carbonyl (C=O) groups excluding carboxylic acids is 1. The standard InChI is InChI=1S/C10H10N4O2S2/c11-9-13-14-10(18-9)17-5-8(16)12-6-2-1-3-7(15)4-6/h1-4,15H,5H2,(H2,11,13)(H,12,16). The van der Waals surface area contributed by atoms with Gasteiger partial charge >= 0.3 is 0 Å². The van der Waals surface area contributed by atoms with Gasteiger partial charge in [0, 0.05) is 11.8 Å². The molecule has 0 aliphatic rings. The van der Waals surface area contributed by atoms with Gasteiger partial charge in [-0.3, -0.25) is 4.79 Å². The lowest BCUT2D eigenvalue weighted by Crippen LogP contribution is -2.13. The molecule has 0 saturated heterocycles. The molecule has 0 atom stereocenters. The zero-order valence-electron chi connectivity index (χ0n) is 9.16. The number of aromatic nitrogens is 2. The lowest BCUT2D eigenvalue weighted by Gasteiger charge is -2.04. The fourth-order valence-corrected chi connectivity index (χ4v) is 2.62. The quantitative estimate of drug-likeness (QED) is 0.736. The normalized spacial score (nSPS) is 10.2. The summed E-state index contributed by atoms with van der Waals surface area (Å²) in [5, 5.41) is 19.7. The van der Waals surface area contributed by atoms with Crippen LogP contribution in [0, 0.1) is 0 Å². The number of anilines is 2. The van der Waals surface area contributed by atoms with Crippen LogP contribution in [0.25, 0.3) is 0 Å². The van der Waals surface area contributed by atoms with Crippen LogP contribution < -0.4 is 11.1 Å². The number of nitrogens with two attached hydrogens (primary N) is 1. The number of nitrogen functional groups attached to an aromatic ring is 1. The van der Waals surface area contributed by atoms with Gasteiger partial charge in [0.15, 0.2) is 4.34 Å². The molecule has 0 bridgehead atoms. The molecule has 0 spiro atoms. The van der Waals surface area contributed by atoms with E-state index in [4.69, 9.17) is 5.73 Å². The van der Waals surface area contributed by atoms with Crippen molar-refractivity contribution in [2.24, 2.45) is 0 Å². The first kappa shape index (κ1) is 12.7. The molecule has 8 heteroatoms. The van der Waals surface area contributed by atoms with Crippen LogP contribution >= 0.6 is 23.1 Å². The van der Waals surface area contributed by atoms with Gasteiger partial charge in [-0.25, -0.2) is 0 Å². The minimum Gasteiger partial charge on any atom is -0.508 e. The Kier molecular flexibility index (Phi) is 4.00. The third kappa shape index (κ3) is 3.60. The highest BCUT2D eigenvalue weighted by Gasteiger charge is 2.07. The van der Waals surface area contributed by atoms with E-state index in [1.807, 2.05) is 0 Å². The molecule has 0 unspecified atom stereocenters. The Labute approximate surface area is 111 Å².